The van der Waals surface area contributed by atoms with Gasteiger partial charge in [0.25, 0.3) is 11.8 Å². The third-order valence-corrected chi connectivity index (χ3v) is 15.1. The van der Waals surface area contributed by atoms with Gasteiger partial charge in [-0.2, -0.15) is 0 Å². The standard InChI is InChI=1S/C40H46ClN3O6S2/c1-25-5-3-7-34(48-2)31-11-8-28(31)20-44-23-40(15-4-6-26-17-30(41)10-12-32(26)40)24-50-35-13-9-27(18-33(35)44)38(45)42-52(47,22-25)43-39(46)37-19-29-21-49-16-14-36(29)51-37/h3,7,9-10,12-13,17-19,25,28,31,34H,4-6,8,11,14-16,20-24H2,1-2H3,(H,42,43,45,46,47)/b7-3+/t25-,28-,31+,34-,40-,52?/m0/s1. The van der Waals surface area contributed by atoms with Crippen LogP contribution in [0, 0.1) is 17.8 Å². The fourth-order valence-electron chi connectivity index (χ4n) is 8.82. The van der Waals surface area contributed by atoms with Crippen molar-refractivity contribution in [2.45, 2.75) is 70.0 Å². The number of rotatable bonds is 3. The van der Waals surface area contributed by atoms with Gasteiger partial charge in [-0.3, -0.25) is 14.3 Å². The molecular formula is C40H46ClN3O6S2. The molecule has 1 N–H and O–H groups in total. The highest BCUT2D eigenvalue weighted by molar-refractivity contribution is 7.92. The lowest BCUT2D eigenvalue weighted by atomic mass is 9.68. The summed E-state index contributed by atoms with van der Waals surface area (Å²) in [6.07, 6.45) is 10.7. The largest absolute Gasteiger partial charge is 0.490 e. The van der Waals surface area contributed by atoms with Gasteiger partial charge in [-0.1, -0.05) is 36.7 Å². The number of benzene rings is 2. The molecule has 1 aromatic heterocycles. The smallest absolute Gasteiger partial charge is 0.286 e. The Bertz CT molecular complexity index is 2010. The summed E-state index contributed by atoms with van der Waals surface area (Å²) in [4.78, 5) is 31.6. The Kier molecular flexibility index (Phi) is 10.0. The zero-order valence-electron chi connectivity index (χ0n) is 29.7. The maximum Gasteiger partial charge on any atom is 0.286 e. The lowest BCUT2D eigenvalue weighted by Gasteiger charge is -2.46. The van der Waals surface area contributed by atoms with Crippen molar-refractivity contribution in [1.29, 1.82) is 0 Å². The maximum absolute atomic E-state index is 14.6. The Labute approximate surface area is 315 Å². The van der Waals surface area contributed by atoms with Crippen LogP contribution in [0.1, 0.15) is 80.6 Å². The average molecular weight is 764 g/mol. The summed E-state index contributed by atoms with van der Waals surface area (Å²) in [6, 6.07) is 13.4. The van der Waals surface area contributed by atoms with Crippen LogP contribution < -0.4 is 14.4 Å². The van der Waals surface area contributed by atoms with Gasteiger partial charge in [0, 0.05) is 47.5 Å². The maximum atomic E-state index is 14.6. The van der Waals surface area contributed by atoms with Crippen LogP contribution in [0.2, 0.25) is 5.02 Å². The number of halogens is 1. The Morgan fingerprint density at radius 3 is 2.85 bits per heavy atom. The Morgan fingerprint density at radius 2 is 2.04 bits per heavy atom. The fraction of sp³-hybridized carbons (Fsp3) is 0.500. The number of allylic oxidation sites excluding steroid dienone is 1. The van der Waals surface area contributed by atoms with Gasteiger partial charge in [0.15, 0.2) is 0 Å². The molecule has 52 heavy (non-hydrogen) atoms. The quantitative estimate of drug-likeness (QED) is 0.275. The molecule has 1 unspecified atom stereocenters. The van der Waals surface area contributed by atoms with E-state index in [1.54, 1.807) is 19.2 Å². The Morgan fingerprint density at radius 1 is 1.15 bits per heavy atom. The molecule has 2 bridgehead atoms. The molecule has 3 aromatic rings. The summed E-state index contributed by atoms with van der Waals surface area (Å²) in [5, 5.41) is 0.743. The minimum atomic E-state index is -3.51. The highest BCUT2D eigenvalue weighted by Gasteiger charge is 2.44. The molecule has 1 spiro atoms. The van der Waals surface area contributed by atoms with Crippen molar-refractivity contribution in [3.05, 3.63) is 91.6 Å². The number of anilines is 1. The number of methoxy groups -OCH3 is 1. The van der Waals surface area contributed by atoms with Gasteiger partial charge in [-0.15, -0.1) is 15.7 Å². The number of ether oxygens (including phenoxy) is 3. The first kappa shape index (κ1) is 35.8. The predicted octanol–water partition coefficient (Wildman–Crippen LogP) is 7.54. The zero-order chi connectivity index (χ0) is 36.0. The van der Waals surface area contributed by atoms with Crippen molar-refractivity contribution >= 4 is 50.4 Å². The molecule has 8 rings (SSSR count). The van der Waals surface area contributed by atoms with Gasteiger partial charge in [-0.05, 0) is 109 Å². The van der Waals surface area contributed by atoms with Gasteiger partial charge in [0.2, 0.25) is 0 Å². The van der Waals surface area contributed by atoms with Crippen LogP contribution in [-0.2, 0) is 44.3 Å². The molecule has 3 aliphatic heterocycles. The van der Waals surface area contributed by atoms with E-state index in [1.807, 2.05) is 25.1 Å². The monoisotopic (exact) mass is 763 g/mol. The molecule has 4 heterocycles. The molecule has 6 atom stereocenters. The van der Waals surface area contributed by atoms with E-state index in [0.29, 0.717) is 54.3 Å². The topological polar surface area (TPSA) is 107 Å². The number of fused-ring (bicyclic) bond motifs is 5. The van der Waals surface area contributed by atoms with Crippen molar-refractivity contribution in [3.63, 3.8) is 0 Å². The van der Waals surface area contributed by atoms with E-state index in [4.69, 9.17) is 25.8 Å². The average Bonchev–Trinajstić information content (AvgIpc) is 3.49. The molecule has 2 aromatic carbocycles. The van der Waals surface area contributed by atoms with E-state index in [2.05, 4.69) is 38.3 Å². The predicted molar refractivity (Wildman–Crippen MR) is 205 cm³/mol. The molecule has 1 fully saturated rings. The first-order valence-electron chi connectivity index (χ1n) is 18.4. The van der Waals surface area contributed by atoms with Gasteiger partial charge in [0.05, 0.1) is 42.2 Å². The lowest BCUT2D eigenvalue weighted by molar-refractivity contribution is 0.0131. The fourth-order valence-corrected chi connectivity index (χ4v) is 12.0. The van der Waals surface area contributed by atoms with Gasteiger partial charge >= 0.3 is 0 Å². The number of nitrogens with one attached hydrogen (secondary N) is 1. The molecule has 2 aliphatic carbocycles. The van der Waals surface area contributed by atoms with Crippen LogP contribution in [0.3, 0.4) is 0 Å². The molecule has 0 radical (unpaired) electrons. The zero-order valence-corrected chi connectivity index (χ0v) is 32.1. The summed E-state index contributed by atoms with van der Waals surface area (Å²) in [7, 11) is -1.74. The summed E-state index contributed by atoms with van der Waals surface area (Å²) in [6.45, 7) is 5.05. The first-order chi connectivity index (χ1) is 25.1. The van der Waals surface area contributed by atoms with Crippen molar-refractivity contribution in [3.8, 4) is 5.75 Å². The second-order valence-corrected chi connectivity index (χ2v) is 18.8. The number of hydrogen-bond acceptors (Lipinski definition) is 8. The molecule has 9 nitrogen and oxygen atoms in total. The first-order valence-corrected chi connectivity index (χ1v) is 21.3. The molecular weight excluding hydrogens is 718 g/mol. The van der Waals surface area contributed by atoms with Crippen LogP contribution >= 0.6 is 22.9 Å². The van der Waals surface area contributed by atoms with Gasteiger partial charge in [0.1, 0.15) is 15.7 Å². The van der Waals surface area contributed by atoms with Crippen LogP contribution in [0.25, 0.3) is 0 Å². The van der Waals surface area contributed by atoms with Crippen molar-refractivity contribution in [2.24, 2.45) is 22.1 Å². The molecule has 2 amide bonds. The summed E-state index contributed by atoms with van der Waals surface area (Å²) in [5.41, 5.74) is 4.41. The number of hydrogen-bond donors (Lipinski definition) is 1. The third kappa shape index (κ3) is 7.07. The summed E-state index contributed by atoms with van der Waals surface area (Å²) in [5.74, 6) is 0.226. The molecule has 0 saturated heterocycles. The minimum absolute atomic E-state index is 0.0266. The molecule has 5 aliphatic rings. The Balaban J connectivity index is 1.18. The SMILES string of the molecule is CO[C@H]1/C=C/C[C@H](C)CS(=O)(NC(=O)c2cc3c(s2)CCOC3)=NC(=O)c2ccc3c(c2)N(C[C@@H]2CC[C@H]21)C[C@@]1(CCCc2cc(Cl)ccc21)CO3. The number of aryl methyl sites for hydroxylation is 1. The van der Waals surface area contributed by atoms with Crippen molar-refractivity contribution < 1.29 is 28.0 Å². The number of nitrogens with zero attached hydrogens (tertiary/aromatic N) is 2. The van der Waals surface area contributed by atoms with Crippen LogP contribution in [0.5, 0.6) is 5.75 Å². The van der Waals surface area contributed by atoms with E-state index in [1.165, 1.54) is 22.5 Å². The highest BCUT2D eigenvalue weighted by Crippen LogP contribution is 2.47. The van der Waals surface area contributed by atoms with E-state index in [0.717, 1.165) is 72.8 Å². The van der Waals surface area contributed by atoms with Crippen LogP contribution in [0.4, 0.5) is 5.69 Å². The molecule has 12 heteroatoms. The third-order valence-electron chi connectivity index (χ3n) is 11.6. The number of carbonyl (C=O) groups is 2. The minimum Gasteiger partial charge on any atom is -0.490 e. The second kappa shape index (κ2) is 14.5. The number of thiophene rings is 1. The number of amides is 2. The van der Waals surface area contributed by atoms with E-state index >= 15 is 0 Å². The van der Waals surface area contributed by atoms with E-state index < -0.39 is 21.7 Å². The highest BCUT2D eigenvalue weighted by atomic mass is 35.5. The number of carbonyl (C=O) groups excluding carboxylic acids is 2. The molecule has 276 valence electrons. The second-order valence-electron chi connectivity index (χ2n) is 15.3. The summed E-state index contributed by atoms with van der Waals surface area (Å²) < 4.78 is 40.0. The van der Waals surface area contributed by atoms with Crippen LogP contribution in [-0.4, -0.2) is 61.3 Å². The summed E-state index contributed by atoms with van der Waals surface area (Å²) >= 11 is 7.85. The normalized spacial score (nSPS) is 30.8. The van der Waals surface area contributed by atoms with E-state index in [9.17, 15) is 13.8 Å². The van der Waals surface area contributed by atoms with E-state index in [-0.39, 0.29) is 23.2 Å². The van der Waals surface area contributed by atoms with Crippen molar-refractivity contribution in [1.82, 2.24) is 4.72 Å². The Hall–Kier alpha value is -3.22. The molecule has 1 saturated carbocycles. The van der Waals surface area contributed by atoms with Gasteiger partial charge < -0.3 is 19.1 Å². The lowest BCUT2D eigenvalue weighted by Crippen LogP contribution is -2.49. The van der Waals surface area contributed by atoms with Crippen molar-refractivity contribution in [2.75, 3.05) is 44.1 Å². The van der Waals surface area contributed by atoms with Crippen LogP contribution in [0.15, 0.2) is 59.0 Å². The van der Waals surface area contributed by atoms with Gasteiger partial charge in [-0.25, -0.2) is 4.21 Å².